The largest absolute Gasteiger partial charge is 0.330 e. The number of hydrogen-bond acceptors (Lipinski definition) is 4. The summed E-state index contributed by atoms with van der Waals surface area (Å²) in [7, 11) is 1.82. The molecule has 0 radical (unpaired) electrons. The number of H-pyrrole nitrogens is 1. The molecule has 6 nitrogen and oxygen atoms in total. The monoisotopic (exact) mass is 392 g/mol. The normalized spacial score (nSPS) is 11.3. The van der Waals surface area contributed by atoms with Crippen molar-refractivity contribution in [2.75, 3.05) is 0 Å². The van der Waals surface area contributed by atoms with Crippen molar-refractivity contribution in [3.8, 4) is 0 Å². The summed E-state index contributed by atoms with van der Waals surface area (Å²) in [5.74, 6) is 2.24. The highest BCUT2D eigenvalue weighted by Crippen LogP contribution is 2.20. The minimum Gasteiger partial charge on any atom is -0.325 e. The van der Waals surface area contributed by atoms with Crippen molar-refractivity contribution in [3.63, 3.8) is 0 Å². The zero-order chi connectivity index (χ0) is 18.7. The second-order valence-corrected chi connectivity index (χ2v) is 7.57. The van der Waals surface area contributed by atoms with Gasteiger partial charge in [0.1, 0.15) is 5.82 Å². The minimum absolute atomic E-state index is 0.387. The van der Waals surface area contributed by atoms with E-state index >= 15 is 0 Å². The smallest absolute Gasteiger partial charge is 0.325 e. The third-order valence-corrected chi connectivity index (χ3v) is 5.51. The number of halogens is 1. The van der Waals surface area contributed by atoms with Gasteiger partial charge in [-0.05, 0) is 24.1 Å². The van der Waals surface area contributed by atoms with Gasteiger partial charge in [0.25, 0.3) is 5.56 Å². The van der Waals surface area contributed by atoms with E-state index in [1.54, 1.807) is 20.9 Å². The molecular weight excluding hydrogens is 372 g/mol. The molecule has 1 aromatic carbocycles. The molecule has 138 valence electrons. The number of nitrogens with zero attached hydrogens (tertiary/aromatic N) is 3. The molecule has 0 unspecified atom stereocenters. The van der Waals surface area contributed by atoms with Crippen LogP contribution in [0.5, 0.6) is 0 Å². The van der Waals surface area contributed by atoms with Crippen LogP contribution in [0.25, 0.3) is 11.2 Å². The molecule has 0 aliphatic carbocycles. The molecule has 0 aliphatic heterocycles. The van der Waals surface area contributed by atoms with E-state index in [0.29, 0.717) is 23.5 Å². The average Bonchev–Trinajstić information content (AvgIpc) is 2.93. The molecule has 2 aromatic heterocycles. The quantitative estimate of drug-likeness (QED) is 0.669. The van der Waals surface area contributed by atoms with Crippen LogP contribution >= 0.6 is 23.4 Å². The molecule has 0 saturated carbocycles. The van der Waals surface area contributed by atoms with Crippen molar-refractivity contribution in [1.29, 1.82) is 0 Å². The van der Waals surface area contributed by atoms with Crippen LogP contribution in [-0.2, 0) is 25.1 Å². The zero-order valence-electron chi connectivity index (χ0n) is 14.8. The second-order valence-electron chi connectivity index (χ2n) is 6.14. The molecule has 3 rings (SSSR count). The molecule has 0 bridgehead atoms. The first kappa shape index (κ1) is 18.8. The van der Waals surface area contributed by atoms with Crippen molar-refractivity contribution < 1.29 is 0 Å². The molecule has 1 N–H and O–H groups in total. The van der Waals surface area contributed by atoms with Gasteiger partial charge in [0, 0.05) is 24.4 Å². The Morgan fingerprint density at radius 2 is 1.92 bits per heavy atom. The molecule has 26 heavy (non-hydrogen) atoms. The zero-order valence-corrected chi connectivity index (χ0v) is 16.4. The Balaban J connectivity index is 1.86. The molecule has 3 aromatic rings. The summed E-state index contributed by atoms with van der Waals surface area (Å²) in [5, 5.41) is 0.721. The van der Waals surface area contributed by atoms with Crippen molar-refractivity contribution in [2.24, 2.45) is 7.05 Å². The van der Waals surface area contributed by atoms with Crippen LogP contribution in [0.1, 0.15) is 31.2 Å². The Morgan fingerprint density at radius 3 is 2.62 bits per heavy atom. The SMILES string of the molecule is CCCCn1c(=O)[nH]c(=O)c2c1nc(CSCc1ccc(Cl)cc1)n2C. The molecule has 8 heteroatoms. The van der Waals surface area contributed by atoms with E-state index in [9.17, 15) is 9.59 Å². The Bertz CT molecular complexity index is 1020. The maximum absolute atomic E-state index is 12.2. The molecular formula is C18H21ClN4O2S. The van der Waals surface area contributed by atoms with Gasteiger partial charge in [-0.1, -0.05) is 37.1 Å². The Morgan fingerprint density at radius 1 is 1.19 bits per heavy atom. The van der Waals surface area contributed by atoms with E-state index in [4.69, 9.17) is 11.6 Å². The number of aromatic amines is 1. The van der Waals surface area contributed by atoms with Gasteiger partial charge in [0.2, 0.25) is 0 Å². The molecule has 0 aliphatic rings. The number of aromatic nitrogens is 4. The molecule has 0 saturated heterocycles. The fraction of sp³-hybridized carbons (Fsp3) is 0.389. The minimum atomic E-state index is -0.394. The second kappa shape index (κ2) is 8.14. The summed E-state index contributed by atoms with van der Waals surface area (Å²) in [6, 6.07) is 7.74. The van der Waals surface area contributed by atoms with Crippen molar-refractivity contribution in [1.82, 2.24) is 19.1 Å². The number of thioether (sulfide) groups is 1. The number of rotatable bonds is 7. The van der Waals surface area contributed by atoms with Gasteiger partial charge >= 0.3 is 5.69 Å². The van der Waals surface area contributed by atoms with Crippen LogP contribution in [-0.4, -0.2) is 19.1 Å². The first-order chi connectivity index (χ1) is 12.5. The van der Waals surface area contributed by atoms with E-state index < -0.39 is 5.69 Å². The third-order valence-electron chi connectivity index (χ3n) is 4.25. The highest BCUT2D eigenvalue weighted by Gasteiger charge is 2.16. The van der Waals surface area contributed by atoms with Gasteiger partial charge in [0.05, 0.1) is 5.75 Å². The molecule has 0 fully saturated rings. The predicted molar refractivity (Wildman–Crippen MR) is 107 cm³/mol. The lowest BCUT2D eigenvalue weighted by Crippen LogP contribution is -2.31. The van der Waals surface area contributed by atoms with E-state index in [1.807, 2.05) is 31.3 Å². The van der Waals surface area contributed by atoms with Gasteiger partial charge < -0.3 is 4.57 Å². The van der Waals surface area contributed by atoms with E-state index in [0.717, 1.165) is 29.4 Å². The molecule has 0 spiro atoms. The predicted octanol–water partition coefficient (Wildman–Crippen LogP) is 3.31. The molecule has 0 amide bonds. The Labute approximate surface area is 160 Å². The van der Waals surface area contributed by atoms with Crippen LogP contribution in [0.4, 0.5) is 0 Å². The standard InChI is InChI=1S/C18H21ClN4O2S/c1-3-4-9-23-16-15(17(24)21-18(23)25)22(2)14(20-16)11-26-10-12-5-7-13(19)8-6-12/h5-8H,3-4,9-11H2,1-2H3,(H,21,24,25). The molecule has 0 atom stereocenters. The van der Waals surface area contributed by atoms with Gasteiger partial charge in [0.15, 0.2) is 11.2 Å². The maximum Gasteiger partial charge on any atom is 0.330 e. The van der Waals surface area contributed by atoms with E-state index in [-0.39, 0.29) is 5.56 Å². The Kier molecular flexibility index (Phi) is 5.88. The lowest BCUT2D eigenvalue weighted by Gasteiger charge is -2.04. The lowest BCUT2D eigenvalue weighted by atomic mass is 10.2. The number of hydrogen-bond donors (Lipinski definition) is 1. The summed E-state index contributed by atoms with van der Waals surface area (Å²) in [6.07, 6.45) is 1.82. The highest BCUT2D eigenvalue weighted by molar-refractivity contribution is 7.97. The van der Waals surface area contributed by atoms with Gasteiger partial charge in [-0.2, -0.15) is 0 Å². The van der Waals surface area contributed by atoms with Crippen molar-refractivity contribution in [2.45, 2.75) is 37.8 Å². The topological polar surface area (TPSA) is 72.7 Å². The van der Waals surface area contributed by atoms with E-state index in [2.05, 4.69) is 16.9 Å². The number of imidazole rings is 1. The molecule has 2 heterocycles. The average molecular weight is 393 g/mol. The van der Waals surface area contributed by atoms with Crippen LogP contribution in [0.15, 0.2) is 33.9 Å². The fourth-order valence-electron chi connectivity index (χ4n) is 2.78. The van der Waals surface area contributed by atoms with Crippen molar-refractivity contribution in [3.05, 3.63) is 61.5 Å². The number of unbranched alkanes of at least 4 members (excludes halogenated alkanes) is 1. The first-order valence-corrected chi connectivity index (χ1v) is 10.0. The number of fused-ring (bicyclic) bond motifs is 1. The van der Waals surface area contributed by atoms with E-state index in [1.165, 1.54) is 5.56 Å². The summed E-state index contributed by atoms with van der Waals surface area (Å²) in [5.41, 5.74) is 1.31. The number of nitrogens with one attached hydrogen (secondary N) is 1. The van der Waals surface area contributed by atoms with Crippen molar-refractivity contribution >= 4 is 34.5 Å². The summed E-state index contributed by atoms with van der Waals surface area (Å²) < 4.78 is 3.35. The first-order valence-electron chi connectivity index (χ1n) is 8.52. The van der Waals surface area contributed by atoms with Crippen LogP contribution in [0.2, 0.25) is 5.02 Å². The summed E-state index contributed by atoms with van der Waals surface area (Å²) in [4.78, 5) is 31.4. The lowest BCUT2D eigenvalue weighted by molar-refractivity contribution is 0.613. The van der Waals surface area contributed by atoms with Crippen LogP contribution < -0.4 is 11.2 Å². The van der Waals surface area contributed by atoms with Gasteiger partial charge in [-0.25, -0.2) is 9.78 Å². The van der Waals surface area contributed by atoms with Crippen LogP contribution in [0.3, 0.4) is 0 Å². The highest BCUT2D eigenvalue weighted by atomic mass is 35.5. The number of aryl methyl sites for hydroxylation is 2. The third kappa shape index (κ3) is 3.88. The van der Waals surface area contributed by atoms with Gasteiger partial charge in [-0.3, -0.25) is 14.3 Å². The summed E-state index contributed by atoms with van der Waals surface area (Å²) in [6.45, 7) is 2.61. The number of benzene rings is 1. The van der Waals surface area contributed by atoms with Gasteiger partial charge in [-0.15, -0.1) is 11.8 Å². The maximum atomic E-state index is 12.2. The van der Waals surface area contributed by atoms with Crippen LogP contribution in [0, 0.1) is 0 Å². The Hall–Kier alpha value is -1.99. The summed E-state index contributed by atoms with van der Waals surface area (Å²) >= 11 is 7.61. The fourth-order valence-corrected chi connectivity index (χ4v) is 3.88.